The molecule has 2 rings (SSSR count). The smallest absolute Gasteiger partial charge is 0.0655 e. The summed E-state index contributed by atoms with van der Waals surface area (Å²) in [7, 11) is 0. The second-order valence-electron chi connectivity index (χ2n) is 6.80. The van der Waals surface area contributed by atoms with Crippen LogP contribution in [0.25, 0.3) is 0 Å². The monoisotopic (exact) mass is 253 g/mol. The Kier molecular flexibility index (Phi) is 5.08. The van der Waals surface area contributed by atoms with Gasteiger partial charge in [0.15, 0.2) is 0 Å². The molecule has 2 aliphatic carbocycles. The molecule has 0 spiro atoms. The maximum atomic E-state index is 5.78. The predicted octanol–water partition coefficient (Wildman–Crippen LogP) is 3.75. The first-order chi connectivity index (χ1) is 8.64. The fourth-order valence-electron chi connectivity index (χ4n) is 3.65. The molecule has 0 heterocycles. The molecule has 106 valence electrons. The van der Waals surface area contributed by atoms with Crippen LogP contribution in [0.2, 0.25) is 0 Å². The second-order valence-corrected chi connectivity index (χ2v) is 6.80. The Balaban J connectivity index is 1.62. The van der Waals surface area contributed by atoms with Gasteiger partial charge >= 0.3 is 0 Å². The normalized spacial score (nSPS) is 32.2. The number of ether oxygens (including phenoxy) is 1. The standard InChI is InChI=1S/C16H31NO/c1-4-18-15-12-14(16(15,2)3)17-11-10-13-8-6-5-7-9-13/h13-15,17H,4-12H2,1-3H3. The molecule has 2 nitrogen and oxygen atoms in total. The Labute approximate surface area is 113 Å². The van der Waals surface area contributed by atoms with Crippen molar-refractivity contribution in [3.63, 3.8) is 0 Å². The van der Waals surface area contributed by atoms with E-state index >= 15 is 0 Å². The van der Waals surface area contributed by atoms with Gasteiger partial charge in [0.1, 0.15) is 0 Å². The topological polar surface area (TPSA) is 21.3 Å². The van der Waals surface area contributed by atoms with E-state index in [0.29, 0.717) is 17.6 Å². The summed E-state index contributed by atoms with van der Waals surface area (Å²) in [5, 5.41) is 3.77. The van der Waals surface area contributed by atoms with E-state index in [2.05, 4.69) is 26.1 Å². The average Bonchev–Trinajstić information content (AvgIpc) is 2.38. The van der Waals surface area contributed by atoms with E-state index in [1.807, 2.05) is 0 Å². The van der Waals surface area contributed by atoms with Crippen LogP contribution in [-0.2, 0) is 4.74 Å². The van der Waals surface area contributed by atoms with Gasteiger partial charge in [-0.1, -0.05) is 46.0 Å². The van der Waals surface area contributed by atoms with E-state index in [1.54, 1.807) is 0 Å². The molecule has 0 amide bonds. The van der Waals surface area contributed by atoms with Gasteiger partial charge in [0.05, 0.1) is 6.10 Å². The molecule has 2 saturated carbocycles. The predicted molar refractivity (Wildman–Crippen MR) is 76.8 cm³/mol. The number of rotatable bonds is 6. The lowest BCUT2D eigenvalue weighted by atomic mass is 9.64. The van der Waals surface area contributed by atoms with Gasteiger partial charge in [0.2, 0.25) is 0 Å². The zero-order valence-electron chi connectivity index (χ0n) is 12.5. The van der Waals surface area contributed by atoms with Crippen molar-refractivity contribution < 1.29 is 4.74 Å². The van der Waals surface area contributed by atoms with Crippen LogP contribution in [0.1, 0.15) is 65.7 Å². The lowest BCUT2D eigenvalue weighted by molar-refractivity contribution is -0.114. The second kappa shape index (κ2) is 6.38. The van der Waals surface area contributed by atoms with Gasteiger partial charge in [0.25, 0.3) is 0 Å². The van der Waals surface area contributed by atoms with Crippen LogP contribution in [-0.4, -0.2) is 25.3 Å². The van der Waals surface area contributed by atoms with Crippen LogP contribution >= 0.6 is 0 Å². The molecular weight excluding hydrogens is 222 g/mol. The van der Waals surface area contributed by atoms with Crippen LogP contribution in [0.4, 0.5) is 0 Å². The molecule has 0 aromatic heterocycles. The van der Waals surface area contributed by atoms with E-state index in [9.17, 15) is 0 Å². The molecule has 0 radical (unpaired) electrons. The summed E-state index contributed by atoms with van der Waals surface area (Å²) in [6, 6.07) is 0.664. The molecule has 2 aliphatic rings. The fourth-order valence-corrected chi connectivity index (χ4v) is 3.65. The van der Waals surface area contributed by atoms with Gasteiger partial charge in [-0.3, -0.25) is 0 Å². The summed E-state index contributed by atoms with van der Waals surface area (Å²) in [4.78, 5) is 0. The van der Waals surface area contributed by atoms with Crippen molar-refractivity contribution in [2.45, 2.75) is 77.9 Å². The summed E-state index contributed by atoms with van der Waals surface area (Å²) in [6.07, 6.45) is 10.4. The van der Waals surface area contributed by atoms with Gasteiger partial charge in [-0.05, 0) is 32.2 Å². The first-order valence-corrected chi connectivity index (χ1v) is 7.99. The Bertz CT molecular complexity index is 245. The molecule has 2 atom stereocenters. The average molecular weight is 253 g/mol. The molecular formula is C16H31NO. The van der Waals surface area contributed by atoms with Crippen LogP contribution in [0.3, 0.4) is 0 Å². The first kappa shape index (κ1) is 14.3. The molecule has 1 N–H and O–H groups in total. The van der Waals surface area contributed by atoms with Crippen LogP contribution in [0, 0.1) is 11.3 Å². The highest BCUT2D eigenvalue weighted by Gasteiger charge is 2.48. The Morgan fingerprint density at radius 3 is 2.50 bits per heavy atom. The minimum absolute atomic E-state index is 0.322. The molecule has 0 aliphatic heterocycles. The molecule has 0 saturated heterocycles. The molecule has 0 bridgehead atoms. The van der Waals surface area contributed by atoms with E-state index in [1.165, 1.54) is 51.5 Å². The minimum atomic E-state index is 0.322. The van der Waals surface area contributed by atoms with Crippen molar-refractivity contribution in [3.8, 4) is 0 Å². The summed E-state index contributed by atoms with van der Waals surface area (Å²) in [6.45, 7) is 8.84. The Hall–Kier alpha value is -0.0800. The zero-order valence-corrected chi connectivity index (χ0v) is 12.5. The lowest BCUT2D eigenvalue weighted by Gasteiger charge is -2.52. The molecule has 18 heavy (non-hydrogen) atoms. The first-order valence-electron chi connectivity index (χ1n) is 7.99. The summed E-state index contributed by atoms with van der Waals surface area (Å²) in [5.41, 5.74) is 0.322. The highest BCUT2D eigenvalue weighted by atomic mass is 16.5. The SMILES string of the molecule is CCOC1CC(NCCC2CCCCC2)C1(C)C. The lowest BCUT2D eigenvalue weighted by Crippen LogP contribution is -2.61. The molecule has 0 aromatic carbocycles. The van der Waals surface area contributed by atoms with Crippen molar-refractivity contribution in [3.05, 3.63) is 0 Å². The van der Waals surface area contributed by atoms with Crippen molar-refractivity contribution in [2.24, 2.45) is 11.3 Å². The maximum absolute atomic E-state index is 5.78. The van der Waals surface area contributed by atoms with Gasteiger partial charge in [-0.2, -0.15) is 0 Å². The van der Waals surface area contributed by atoms with Crippen LogP contribution in [0.5, 0.6) is 0 Å². The quantitative estimate of drug-likeness (QED) is 0.778. The van der Waals surface area contributed by atoms with Gasteiger partial charge in [-0.25, -0.2) is 0 Å². The van der Waals surface area contributed by atoms with Crippen LogP contribution in [0.15, 0.2) is 0 Å². The number of nitrogens with one attached hydrogen (secondary N) is 1. The van der Waals surface area contributed by atoms with Crippen molar-refractivity contribution in [1.82, 2.24) is 5.32 Å². The van der Waals surface area contributed by atoms with Crippen LogP contribution < -0.4 is 5.32 Å². The molecule has 2 fully saturated rings. The third-order valence-corrected chi connectivity index (χ3v) is 5.21. The zero-order chi connectivity index (χ0) is 13.0. The van der Waals surface area contributed by atoms with Crippen molar-refractivity contribution in [1.29, 1.82) is 0 Å². The van der Waals surface area contributed by atoms with E-state index < -0.39 is 0 Å². The van der Waals surface area contributed by atoms with E-state index in [0.717, 1.165) is 12.5 Å². The Morgan fingerprint density at radius 1 is 1.17 bits per heavy atom. The summed E-state index contributed by atoms with van der Waals surface area (Å²) in [5.74, 6) is 0.997. The van der Waals surface area contributed by atoms with E-state index in [-0.39, 0.29) is 0 Å². The fraction of sp³-hybridized carbons (Fsp3) is 1.00. The highest BCUT2D eigenvalue weighted by Crippen LogP contribution is 2.42. The maximum Gasteiger partial charge on any atom is 0.0655 e. The third-order valence-electron chi connectivity index (χ3n) is 5.21. The Morgan fingerprint density at radius 2 is 1.89 bits per heavy atom. The third kappa shape index (κ3) is 3.27. The summed E-state index contributed by atoms with van der Waals surface area (Å²) >= 11 is 0. The molecule has 2 unspecified atom stereocenters. The van der Waals surface area contributed by atoms with Gasteiger partial charge < -0.3 is 10.1 Å². The molecule has 0 aromatic rings. The van der Waals surface area contributed by atoms with Gasteiger partial charge in [-0.15, -0.1) is 0 Å². The highest BCUT2D eigenvalue weighted by molar-refractivity contribution is 5.02. The van der Waals surface area contributed by atoms with Gasteiger partial charge in [0, 0.05) is 18.1 Å². The van der Waals surface area contributed by atoms with Crippen molar-refractivity contribution in [2.75, 3.05) is 13.2 Å². The minimum Gasteiger partial charge on any atom is -0.378 e. The largest absolute Gasteiger partial charge is 0.378 e. The summed E-state index contributed by atoms with van der Waals surface area (Å²) < 4.78 is 5.78. The van der Waals surface area contributed by atoms with Crippen molar-refractivity contribution >= 4 is 0 Å². The van der Waals surface area contributed by atoms with E-state index in [4.69, 9.17) is 4.74 Å². The molecule has 2 heteroatoms. The number of hydrogen-bond donors (Lipinski definition) is 1. The number of hydrogen-bond acceptors (Lipinski definition) is 2.